The molecule has 0 bridgehead atoms. The maximum absolute atomic E-state index is 14.0. The van der Waals surface area contributed by atoms with Crippen LogP contribution in [0.2, 0.25) is 5.02 Å². The number of aryl methyl sites for hydroxylation is 2. The number of halogens is 1. The molecule has 36 heavy (non-hydrogen) atoms. The molecule has 0 saturated heterocycles. The summed E-state index contributed by atoms with van der Waals surface area (Å²) < 4.78 is 7.24. The highest BCUT2D eigenvalue weighted by Gasteiger charge is 2.24. The van der Waals surface area contributed by atoms with Crippen molar-refractivity contribution in [1.82, 2.24) is 9.55 Å². The molecule has 2 aromatic heterocycles. The van der Waals surface area contributed by atoms with Gasteiger partial charge in [-0.15, -0.1) is 11.3 Å². The molecule has 6 nitrogen and oxygen atoms in total. The summed E-state index contributed by atoms with van der Waals surface area (Å²) in [6, 6.07) is 12.8. The number of carbonyl (C=O) groups excluding carboxylic acids is 1. The van der Waals surface area contributed by atoms with Crippen LogP contribution in [0.15, 0.2) is 52.4 Å². The van der Waals surface area contributed by atoms with E-state index in [4.69, 9.17) is 21.3 Å². The van der Waals surface area contributed by atoms with E-state index in [9.17, 15) is 9.59 Å². The van der Waals surface area contributed by atoms with Gasteiger partial charge in [-0.2, -0.15) is 0 Å². The number of anilines is 1. The average molecular weight is 540 g/mol. The van der Waals surface area contributed by atoms with E-state index >= 15 is 0 Å². The van der Waals surface area contributed by atoms with E-state index in [0.29, 0.717) is 39.3 Å². The molecule has 1 N–H and O–H groups in total. The van der Waals surface area contributed by atoms with Crippen molar-refractivity contribution in [2.45, 2.75) is 44.7 Å². The highest BCUT2D eigenvalue weighted by Crippen LogP contribution is 2.36. The number of para-hydroxylation sites is 2. The van der Waals surface area contributed by atoms with Crippen molar-refractivity contribution in [3.63, 3.8) is 0 Å². The van der Waals surface area contributed by atoms with Gasteiger partial charge in [0.1, 0.15) is 10.6 Å². The van der Waals surface area contributed by atoms with E-state index in [2.05, 4.69) is 5.32 Å². The minimum Gasteiger partial charge on any atom is -0.492 e. The van der Waals surface area contributed by atoms with Gasteiger partial charge in [0.15, 0.2) is 5.16 Å². The fourth-order valence-corrected chi connectivity index (χ4v) is 6.78. The van der Waals surface area contributed by atoms with Gasteiger partial charge in [-0.3, -0.25) is 14.2 Å². The SMILES string of the molecule is CCOc1ccccc1NC(=O)CSc1nc2sc3c(c2c(=O)n1-c1cccc(Cl)c1C)CCCC3. The smallest absolute Gasteiger partial charge is 0.267 e. The lowest BCUT2D eigenvalue weighted by molar-refractivity contribution is -0.113. The summed E-state index contributed by atoms with van der Waals surface area (Å²) in [7, 11) is 0. The molecule has 0 saturated carbocycles. The lowest BCUT2D eigenvalue weighted by atomic mass is 9.97. The van der Waals surface area contributed by atoms with Crippen LogP contribution in [0.4, 0.5) is 5.69 Å². The molecule has 1 aliphatic carbocycles. The molecule has 1 amide bonds. The molecule has 0 spiro atoms. The van der Waals surface area contributed by atoms with E-state index in [-0.39, 0.29) is 17.2 Å². The normalized spacial score (nSPS) is 13.0. The molecule has 5 rings (SSSR count). The molecule has 4 aromatic rings. The number of benzene rings is 2. The van der Waals surface area contributed by atoms with Gasteiger partial charge < -0.3 is 10.1 Å². The van der Waals surface area contributed by atoms with Crippen molar-refractivity contribution in [3.05, 3.63) is 73.8 Å². The van der Waals surface area contributed by atoms with Crippen LogP contribution in [0, 0.1) is 6.92 Å². The molecule has 2 aromatic carbocycles. The molecule has 186 valence electrons. The molecular formula is C27H26ClN3O3S2. The standard InChI is InChI=1S/C27H26ClN3O3S2/c1-3-34-21-13-6-5-11-19(21)29-23(32)15-35-27-30-25-24(17-9-4-7-14-22(17)36-25)26(33)31(27)20-12-8-10-18(28)16(20)2/h5-6,8,10-13H,3-4,7,9,14-15H2,1-2H3,(H,29,32). The average Bonchev–Trinajstić information content (AvgIpc) is 3.25. The number of ether oxygens (including phenoxy) is 1. The Kier molecular flexibility index (Phi) is 7.37. The Labute approximate surface area is 222 Å². The summed E-state index contributed by atoms with van der Waals surface area (Å²) >= 11 is 9.27. The Morgan fingerprint density at radius 2 is 2.00 bits per heavy atom. The third-order valence-corrected chi connectivity index (χ3v) is 8.77. The van der Waals surface area contributed by atoms with Crippen LogP contribution in [0.5, 0.6) is 5.75 Å². The van der Waals surface area contributed by atoms with Crippen LogP contribution in [0.3, 0.4) is 0 Å². The lowest BCUT2D eigenvalue weighted by Gasteiger charge is -2.16. The largest absolute Gasteiger partial charge is 0.492 e. The number of fused-ring (bicyclic) bond motifs is 3. The van der Waals surface area contributed by atoms with Gasteiger partial charge in [0.2, 0.25) is 5.91 Å². The van der Waals surface area contributed by atoms with Crippen LogP contribution in [0.1, 0.15) is 35.8 Å². The van der Waals surface area contributed by atoms with Crippen molar-refractivity contribution < 1.29 is 9.53 Å². The van der Waals surface area contributed by atoms with Crippen LogP contribution >= 0.6 is 34.7 Å². The van der Waals surface area contributed by atoms with Gasteiger partial charge in [-0.25, -0.2) is 4.98 Å². The third-order valence-electron chi connectivity index (χ3n) is 6.23. The summed E-state index contributed by atoms with van der Waals surface area (Å²) in [5.74, 6) is 0.498. The van der Waals surface area contributed by atoms with E-state index in [1.165, 1.54) is 16.6 Å². The van der Waals surface area contributed by atoms with E-state index in [0.717, 1.165) is 41.6 Å². The van der Waals surface area contributed by atoms with Crippen LogP contribution in [-0.2, 0) is 17.6 Å². The highest BCUT2D eigenvalue weighted by molar-refractivity contribution is 7.99. The zero-order valence-corrected chi connectivity index (χ0v) is 22.5. The second-order valence-electron chi connectivity index (χ2n) is 8.58. The second-order valence-corrected chi connectivity index (χ2v) is 11.0. The van der Waals surface area contributed by atoms with Gasteiger partial charge in [0.25, 0.3) is 5.56 Å². The Bertz CT molecular complexity index is 1510. The first-order chi connectivity index (χ1) is 17.5. The Morgan fingerprint density at radius 3 is 2.83 bits per heavy atom. The maximum atomic E-state index is 14.0. The minimum absolute atomic E-state index is 0.0864. The molecule has 0 fully saturated rings. The first-order valence-corrected chi connectivity index (χ1v) is 14.1. The number of amides is 1. The van der Waals surface area contributed by atoms with Crippen LogP contribution in [0.25, 0.3) is 15.9 Å². The number of nitrogens with zero attached hydrogens (tertiary/aromatic N) is 2. The van der Waals surface area contributed by atoms with Gasteiger partial charge in [-0.05, 0) is 74.9 Å². The number of carbonyl (C=O) groups is 1. The highest BCUT2D eigenvalue weighted by atomic mass is 35.5. The molecular weight excluding hydrogens is 514 g/mol. The Balaban J connectivity index is 1.53. The van der Waals surface area contributed by atoms with E-state index < -0.39 is 0 Å². The first-order valence-electron chi connectivity index (χ1n) is 11.9. The van der Waals surface area contributed by atoms with Gasteiger partial charge in [0, 0.05) is 9.90 Å². The minimum atomic E-state index is -0.207. The van der Waals surface area contributed by atoms with Gasteiger partial charge in [-0.1, -0.05) is 41.6 Å². The fraction of sp³-hybridized carbons (Fsp3) is 0.296. The van der Waals surface area contributed by atoms with Crippen molar-refractivity contribution in [1.29, 1.82) is 0 Å². The van der Waals surface area contributed by atoms with E-state index in [1.807, 2.05) is 44.2 Å². The van der Waals surface area contributed by atoms with E-state index in [1.54, 1.807) is 28.0 Å². The number of thiophene rings is 1. The fourth-order valence-electron chi connectivity index (χ4n) is 4.50. The lowest BCUT2D eigenvalue weighted by Crippen LogP contribution is -2.24. The quantitative estimate of drug-likeness (QED) is 0.217. The maximum Gasteiger partial charge on any atom is 0.267 e. The summed E-state index contributed by atoms with van der Waals surface area (Å²) in [5, 5.41) is 4.67. The molecule has 0 aliphatic heterocycles. The number of rotatable bonds is 7. The van der Waals surface area contributed by atoms with Crippen LogP contribution < -0.4 is 15.6 Å². The number of thioether (sulfide) groups is 1. The van der Waals surface area contributed by atoms with Crippen molar-refractivity contribution in [3.8, 4) is 11.4 Å². The molecule has 0 atom stereocenters. The molecule has 2 heterocycles. The summed E-state index contributed by atoms with van der Waals surface area (Å²) in [6.45, 7) is 4.29. The summed E-state index contributed by atoms with van der Waals surface area (Å²) in [6.07, 6.45) is 4.09. The van der Waals surface area contributed by atoms with Gasteiger partial charge >= 0.3 is 0 Å². The second kappa shape index (κ2) is 10.7. The molecule has 0 unspecified atom stereocenters. The third kappa shape index (κ3) is 4.77. The number of nitrogens with one attached hydrogen (secondary N) is 1. The zero-order valence-electron chi connectivity index (χ0n) is 20.1. The first kappa shape index (κ1) is 24.9. The summed E-state index contributed by atoms with van der Waals surface area (Å²) in [5.41, 5.74) is 3.12. The van der Waals surface area contributed by atoms with Gasteiger partial charge in [0.05, 0.1) is 29.1 Å². The number of hydrogen-bond acceptors (Lipinski definition) is 6. The predicted octanol–water partition coefficient (Wildman–Crippen LogP) is 6.42. The molecule has 9 heteroatoms. The number of hydrogen-bond donors (Lipinski definition) is 1. The molecule has 0 radical (unpaired) electrons. The summed E-state index contributed by atoms with van der Waals surface area (Å²) in [4.78, 5) is 33.8. The van der Waals surface area contributed by atoms with Crippen molar-refractivity contribution >= 4 is 56.5 Å². The van der Waals surface area contributed by atoms with Crippen LogP contribution in [-0.4, -0.2) is 27.8 Å². The monoisotopic (exact) mass is 539 g/mol. The predicted molar refractivity (Wildman–Crippen MR) is 149 cm³/mol. The Morgan fingerprint density at radius 1 is 1.19 bits per heavy atom. The Hall–Kier alpha value is -2.81. The topological polar surface area (TPSA) is 73.2 Å². The molecule has 1 aliphatic rings. The zero-order chi connectivity index (χ0) is 25.2. The van der Waals surface area contributed by atoms with Crippen molar-refractivity contribution in [2.24, 2.45) is 0 Å². The number of aromatic nitrogens is 2. The van der Waals surface area contributed by atoms with Crippen molar-refractivity contribution in [2.75, 3.05) is 17.7 Å².